The lowest BCUT2D eigenvalue weighted by molar-refractivity contribution is 0.0467. The van der Waals surface area contributed by atoms with Crippen LogP contribution in [0.4, 0.5) is 0 Å². The molecule has 5 nitrogen and oxygen atoms in total. The first kappa shape index (κ1) is 7.30. The van der Waals surface area contributed by atoms with Gasteiger partial charge in [-0.05, 0) is 6.92 Å². The molecule has 1 aliphatic rings. The van der Waals surface area contributed by atoms with Gasteiger partial charge in [0.15, 0.2) is 0 Å². The van der Waals surface area contributed by atoms with Gasteiger partial charge in [-0.25, -0.2) is 0 Å². The van der Waals surface area contributed by atoms with E-state index in [1.165, 1.54) is 0 Å². The molecule has 1 rings (SSSR count). The van der Waals surface area contributed by atoms with Crippen LogP contribution in [0, 0.1) is 0 Å². The standard InChI is InChI=1S/C5H12N4O/c1-3-9-4(6-2)7-8-5(9)10/h5,8,10H,3H2,1-2H3,(H,6,7). The third-order valence-corrected chi connectivity index (χ3v) is 1.43. The summed E-state index contributed by atoms with van der Waals surface area (Å²) in [7, 11) is 1.67. The summed E-state index contributed by atoms with van der Waals surface area (Å²) in [5.41, 5.74) is 5.36. The van der Waals surface area contributed by atoms with Gasteiger partial charge in [0.05, 0.1) is 0 Å². The van der Waals surface area contributed by atoms with Gasteiger partial charge in [-0.1, -0.05) is 0 Å². The number of aliphatic hydroxyl groups excluding tert-OH is 1. The molecule has 1 heterocycles. The van der Waals surface area contributed by atoms with Gasteiger partial charge in [0.2, 0.25) is 12.3 Å². The number of aliphatic hydroxyl groups is 1. The molecule has 0 bridgehead atoms. The highest BCUT2D eigenvalue weighted by molar-refractivity contribution is 5.81. The summed E-state index contributed by atoms with van der Waals surface area (Å²) in [5.74, 6) is 0.676. The summed E-state index contributed by atoms with van der Waals surface area (Å²) in [4.78, 5) is 5.61. The number of hydrogen-bond acceptors (Lipinski definition) is 3. The Labute approximate surface area is 59.7 Å². The Hall–Kier alpha value is -0.810. The SMILES string of the molecule is CCN1C(=NC)NNC1O. The fraction of sp³-hybridized carbons (Fsp3) is 0.800. The molecule has 1 atom stereocenters. The van der Waals surface area contributed by atoms with Gasteiger partial charge in [-0.15, -0.1) is 0 Å². The Bertz CT molecular complexity index is 147. The smallest absolute Gasteiger partial charge is 0.211 e. The number of hydrazine groups is 1. The summed E-state index contributed by atoms with van der Waals surface area (Å²) in [6.07, 6.45) is -0.649. The molecule has 10 heavy (non-hydrogen) atoms. The minimum Gasteiger partial charge on any atom is -0.360 e. The lowest BCUT2D eigenvalue weighted by Crippen LogP contribution is -2.36. The highest BCUT2D eigenvalue weighted by Crippen LogP contribution is 1.97. The molecule has 0 aliphatic carbocycles. The van der Waals surface area contributed by atoms with Gasteiger partial charge in [-0.3, -0.25) is 10.4 Å². The van der Waals surface area contributed by atoms with Crippen LogP contribution in [0.5, 0.6) is 0 Å². The van der Waals surface area contributed by atoms with Gasteiger partial charge >= 0.3 is 0 Å². The zero-order valence-electron chi connectivity index (χ0n) is 6.13. The van der Waals surface area contributed by atoms with E-state index in [0.717, 1.165) is 6.54 Å². The molecule has 0 amide bonds. The van der Waals surface area contributed by atoms with Crippen molar-refractivity contribution in [2.24, 2.45) is 4.99 Å². The number of aliphatic imine (C=N–C) groups is 1. The van der Waals surface area contributed by atoms with Crippen LogP contribution in [0.1, 0.15) is 6.92 Å². The van der Waals surface area contributed by atoms with Crippen molar-refractivity contribution < 1.29 is 5.11 Å². The van der Waals surface area contributed by atoms with Crippen molar-refractivity contribution in [2.75, 3.05) is 13.6 Å². The summed E-state index contributed by atoms with van der Waals surface area (Å²) in [6.45, 7) is 2.68. The van der Waals surface area contributed by atoms with Gasteiger partial charge in [0, 0.05) is 13.6 Å². The molecule has 0 spiro atoms. The molecule has 58 valence electrons. The lowest BCUT2D eigenvalue weighted by Gasteiger charge is -2.16. The van der Waals surface area contributed by atoms with Crippen LogP contribution in [-0.4, -0.2) is 35.9 Å². The van der Waals surface area contributed by atoms with E-state index in [1.54, 1.807) is 11.9 Å². The monoisotopic (exact) mass is 144 g/mol. The first-order valence-electron chi connectivity index (χ1n) is 3.22. The fourth-order valence-electron chi connectivity index (χ4n) is 0.902. The molecule has 0 saturated carbocycles. The third kappa shape index (κ3) is 1.05. The van der Waals surface area contributed by atoms with E-state index in [1.807, 2.05) is 6.92 Å². The fourth-order valence-corrected chi connectivity index (χ4v) is 0.902. The average Bonchev–Trinajstić information content (AvgIpc) is 2.30. The van der Waals surface area contributed by atoms with Crippen LogP contribution in [-0.2, 0) is 0 Å². The van der Waals surface area contributed by atoms with Gasteiger partial charge < -0.3 is 10.0 Å². The van der Waals surface area contributed by atoms with Crippen molar-refractivity contribution in [3.8, 4) is 0 Å². The second kappa shape index (κ2) is 2.85. The van der Waals surface area contributed by atoms with Crippen molar-refractivity contribution in [3.63, 3.8) is 0 Å². The molecular weight excluding hydrogens is 132 g/mol. The van der Waals surface area contributed by atoms with E-state index in [4.69, 9.17) is 5.11 Å². The van der Waals surface area contributed by atoms with E-state index in [0.29, 0.717) is 5.96 Å². The quantitative estimate of drug-likeness (QED) is 0.427. The van der Waals surface area contributed by atoms with E-state index in [2.05, 4.69) is 15.8 Å². The maximum Gasteiger partial charge on any atom is 0.211 e. The van der Waals surface area contributed by atoms with Gasteiger partial charge in [0.25, 0.3) is 0 Å². The van der Waals surface area contributed by atoms with Crippen LogP contribution in [0.2, 0.25) is 0 Å². The molecule has 0 aromatic heterocycles. The Balaban J connectivity index is 2.63. The number of nitrogens with zero attached hydrogens (tertiary/aromatic N) is 2. The number of nitrogens with one attached hydrogen (secondary N) is 2. The van der Waals surface area contributed by atoms with Crippen molar-refractivity contribution in [1.82, 2.24) is 15.8 Å². The molecule has 1 fully saturated rings. The Kier molecular flexibility index (Phi) is 2.08. The Morgan fingerprint density at radius 2 is 2.50 bits per heavy atom. The molecule has 1 aliphatic heterocycles. The van der Waals surface area contributed by atoms with Crippen molar-refractivity contribution >= 4 is 5.96 Å². The molecule has 0 aromatic carbocycles. The second-order valence-electron chi connectivity index (χ2n) is 1.98. The minimum absolute atomic E-state index is 0.649. The van der Waals surface area contributed by atoms with Gasteiger partial charge in [0.1, 0.15) is 0 Å². The van der Waals surface area contributed by atoms with Gasteiger partial charge in [-0.2, -0.15) is 5.43 Å². The van der Waals surface area contributed by atoms with Crippen molar-refractivity contribution in [2.45, 2.75) is 13.3 Å². The summed E-state index contributed by atoms with van der Waals surface area (Å²) in [5, 5.41) is 9.16. The summed E-state index contributed by atoms with van der Waals surface area (Å²) >= 11 is 0. The molecule has 0 aromatic rings. The summed E-state index contributed by atoms with van der Waals surface area (Å²) in [6, 6.07) is 0. The van der Waals surface area contributed by atoms with E-state index in [-0.39, 0.29) is 0 Å². The van der Waals surface area contributed by atoms with Crippen LogP contribution in [0.25, 0.3) is 0 Å². The Morgan fingerprint density at radius 3 is 2.90 bits per heavy atom. The number of guanidine groups is 1. The number of rotatable bonds is 1. The Morgan fingerprint density at radius 1 is 1.80 bits per heavy atom. The largest absolute Gasteiger partial charge is 0.360 e. The summed E-state index contributed by atoms with van der Waals surface area (Å²) < 4.78 is 0. The molecule has 1 saturated heterocycles. The predicted molar refractivity (Wildman–Crippen MR) is 38.0 cm³/mol. The van der Waals surface area contributed by atoms with Crippen molar-refractivity contribution in [3.05, 3.63) is 0 Å². The average molecular weight is 144 g/mol. The maximum absolute atomic E-state index is 9.16. The molecule has 3 N–H and O–H groups in total. The third-order valence-electron chi connectivity index (χ3n) is 1.43. The normalized spacial score (nSPS) is 29.3. The van der Waals surface area contributed by atoms with Crippen LogP contribution < -0.4 is 10.9 Å². The van der Waals surface area contributed by atoms with E-state index in [9.17, 15) is 0 Å². The highest BCUT2D eigenvalue weighted by Gasteiger charge is 2.23. The zero-order chi connectivity index (χ0) is 7.56. The van der Waals surface area contributed by atoms with E-state index < -0.39 is 6.35 Å². The number of hydrogen-bond donors (Lipinski definition) is 3. The molecule has 5 heteroatoms. The first-order valence-corrected chi connectivity index (χ1v) is 3.22. The first-order chi connectivity index (χ1) is 4.79. The van der Waals surface area contributed by atoms with E-state index >= 15 is 0 Å². The van der Waals surface area contributed by atoms with Crippen LogP contribution >= 0.6 is 0 Å². The molecular formula is C5H12N4O. The zero-order valence-corrected chi connectivity index (χ0v) is 6.13. The lowest BCUT2D eigenvalue weighted by atomic mass is 10.6. The maximum atomic E-state index is 9.16. The highest BCUT2D eigenvalue weighted by atomic mass is 16.3. The topological polar surface area (TPSA) is 59.9 Å². The van der Waals surface area contributed by atoms with Crippen LogP contribution in [0.15, 0.2) is 4.99 Å². The predicted octanol–water partition coefficient (Wildman–Crippen LogP) is -1.32. The van der Waals surface area contributed by atoms with Crippen LogP contribution in [0.3, 0.4) is 0 Å². The minimum atomic E-state index is -0.649. The van der Waals surface area contributed by atoms with Crippen molar-refractivity contribution in [1.29, 1.82) is 0 Å². The second-order valence-corrected chi connectivity index (χ2v) is 1.98. The molecule has 0 radical (unpaired) electrons. The molecule has 1 unspecified atom stereocenters.